The maximum absolute atomic E-state index is 4.64. The molecule has 13 heavy (non-hydrogen) atoms. The molecule has 1 atom stereocenters. The molecule has 74 valence electrons. The smallest absolute Gasteiger partial charge is 0.0108 e. The van der Waals surface area contributed by atoms with E-state index >= 15 is 0 Å². The molecule has 0 bridgehead atoms. The summed E-state index contributed by atoms with van der Waals surface area (Å²) in [6.07, 6.45) is 2.70. The van der Waals surface area contributed by atoms with Crippen molar-refractivity contribution in [3.05, 3.63) is 35.4 Å². The fraction of sp³-hybridized carbons (Fsp3) is 0.500. The van der Waals surface area contributed by atoms with Crippen LogP contribution in [0.2, 0.25) is 0 Å². The second kappa shape index (κ2) is 6.97. The van der Waals surface area contributed by atoms with Crippen molar-refractivity contribution in [3.63, 3.8) is 0 Å². The quantitative estimate of drug-likeness (QED) is 0.620. The average molecular weight is 199 g/mol. The molecule has 0 saturated heterocycles. The van der Waals surface area contributed by atoms with Gasteiger partial charge >= 0.3 is 0 Å². The van der Waals surface area contributed by atoms with E-state index in [0.717, 1.165) is 0 Å². The number of halogens is 1. The van der Waals surface area contributed by atoms with E-state index in [1.54, 1.807) is 0 Å². The van der Waals surface area contributed by atoms with Gasteiger partial charge in [0.25, 0.3) is 0 Å². The molecular formula is C12H19Cl. The van der Waals surface area contributed by atoms with Crippen molar-refractivity contribution in [2.75, 3.05) is 6.38 Å². The Hall–Kier alpha value is -0.490. The van der Waals surface area contributed by atoms with Crippen LogP contribution in [0.15, 0.2) is 24.3 Å². The number of alkyl halides is 1. The van der Waals surface area contributed by atoms with E-state index in [1.165, 1.54) is 23.9 Å². The third kappa shape index (κ3) is 4.33. The molecule has 0 spiro atoms. The van der Waals surface area contributed by atoms with Crippen molar-refractivity contribution < 1.29 is 0 Å². The Bertz CT molecular complexity index is 213. The maximum Gasteiger partial charge on any atom is 0.0108 e. The van der Waals surface area contributed by atoms with Gasteiger partial charge in [0.05, 0.1) is 0 Å². The summed E-state index contributed by atoms with van der Waals surface area (Å²) in [5.74, 6) is 0.704. The first-order valence-electron chi connectivity index (χ1n) is 4.68. The van der Waals surface area contributed by atoms with Gasteiger partial charge in [-0.15, -0.1) is 11.6 Å². The third-order valence-electron chi connectivity index (χ3n) is 2.26. The van der Waals surface area contributed by atoms with Gasteiger partial charge in [-0.05, 0) is 24.8 Å². The highest BCUT2D eigenvalue weighted by atomic mass is 35.5. The Balaban J connectivity index is 0.000000671. The first-order valence-corrected chi connectivity index (χ1v) is 5.44. The minimum Gasteiger partial charge on any atom is -0.130 e. The van der Waals surface area contributed by atoms with Gasteiger partial charge in [0.15, 0.2) is 0 Å². The summed E-state index contributed by atoms with van der Waals surface area (Å²) >= 11 is 4.64. The molecule has 0 saturated carbocycles. The van der Waals surface area contributed by atoms with Crippen molar-refractivity contribution in [1.29, 1.82) is 0 Å². The highest BCUT2D eigenvalue weighted by molar-refractivity contribution is 6.15. The normalized spacial score (nSPS) is 11.5. The molecule has 0 aliphatic rings. The number of hydrogen-bond acceptors (Lipinski definition) is 0. The summed E-state index contributed by atoms with van der Waals surface area (Å²) in [7, 11) is 0. The van der Waals surface area contributed by atoms with Gasteiger partial charge in [-0.25, -0.2) is 0 Å². The summed E-state index contributed by atoms with van der Waals surface area (Å²) in [4.78, 5) is 0. The third-order valence-corrected chi connectivity index (χ3v) is 2.26. The Kier molecular flexibility index (Phi) is 6.70. The van der Waals surface area contributed by atoms with Crippen LogP contribution in [0.25, 0.3) is 0 Å². The van der Waals surface area contributed by atoms with Gasteiger partial charge in [-0.3, -0.25) is 0 Å². The van der Waals surface area contributed by atoms with E-state index in [0.29, 0.717) is 5.92 Å². The minimum atomic E-state index is 0.704. The zero-order valence-electron chi connectivity index (χ0n) is 8.97. The first-order chi connectivity index (χ1) is 6.24. The van der Waals surface area contributed by atoms with Crippen LogP contribution in [-0.2, 0) is 0 Å². The molecule has 1 unspecified atom stereocenters. The molecule has 0 aliphatic heterocycles. The van der Waals surface area contributed by atoms with Gasteiger partial charge in [-0.1, -0.05) is 43.7 Å². The van der Waals surface area contributed by atoms with Crippen LogP contribution in [0.4, 0.5) is 0 Å². The standard InChI is InChI=1S/C11H16.CH3Cl/c1-4-10(3)11-7-5-9(2)6-8-11;1-2/h5-8,10H,4H2,1-3H3;1H3. The Labute approximate surface area is 86.9 Å². The lowest BCUT2D eigenvalue weighted by atomic mass is 9.98. The predicted octanol–water partition coefficient (Wildman–Crippen LogP) is 4.36. The molecule has 1 rings (SSSR count). The topological polar surface area (TPSA) is 0 Å². The van der Waals surface area contributed by atoms with Crippen molar-refractivity contribution in [1.82, 2.24) is 0 Å². The molecule has 1 aromatic rings. The zero-order chi connectivity index (χ0) is 10.3. The molecule has 0 aromatic heterocycles. The largest absolute Gasteiger partial charge is 0.130 e. The number of hydrogen-bond donors (Lipinski definition) is 0. The number of benzene rings is 1. The van der Waals surface area contributed by atoms with Gasteiger partial charge < -0.3 is 0 Å². The van der Waals surface area contributed by atoms with Gasteiger partial charge in [-0.2, -0.15) is 0 Å². The first kappa shape index (κ1) is 12.5. The summed E-state index contributed by atoms with van der Waals surface area (Å²) in [5, 5.41) is 0. The molecule has 0 radical (unpaired) electrons. The summed E-state index contributed by atoms with van der Waals surface area (Å²) < 4.78 is 0. The Morgan fingerprint density at radius 2 is 1.62 bits per heavy atom. The SMILES string of the molecule is CCC(C)c1ccc(C)cc1.CCl. The van der Waals surface area contributed by atoms with E-state index in [1.807, 2.05) is 0 Å². The molecule has 0 heterocycles. The van der Waals surface area contributed by atoms with Crippen molar-refractivity contribution in [2.45, 2.75) is 33.1 Å². The fourth-order valence-corrected chi connectivity index (χ4v) is 1.13. The number of aryl methyl sites for hydroxylation is 1. The van der Waals surface area contributed by atoms with Crippen LogP contribution in [0.1, 0.15) is 37.3 Å². The summed E-state index contributed by atoms with van der Waals surface area (Å²) in [5.41, 5.74) is 2.80. The van der Waals surface area contributed by atoms with Crippen LogP contribution < -0.4 is 0 Å². The summed E-state index contributed by atoms with van der Waals surface area (Å²) in [6.45, 7) is 6.62. The van der Waals surface area contributed by atoms with Crippen LogP contribution in [0.5, 0.6) is 0 Å². The molecule has 0 nitrogen and oxygen atoms in total. The van der Waals surface area contributed by atoms with E-state index in [4.69, 9.17) is 0 Å². The van der Waals surface area contributed by atoms with Gasteiger partial charge in [0.1, 0.15) is 0 Å². The molecule has 0 amide bonds. The lowest BCUT2D eigenvalue weighted by Crippen LogP contribution is -1.89. The Morgan fingerprint density at radius 1 is 1.15 bits per heavy atom. The van der Waals surface area contributed by atoms with Crippen molar-refractivity contribution in [2.24, 2.45) is 0 Å². The lowest BCUT2D eigenvalue weighted by Gasteiger charge is -2.07. The zero-order valence-corrected chi connectivity index (χ0v) is 9.73. The van der Waals surface area contributed by atoms with Gasteiger partial charge in [0.2, 0.25) is 0 Å². The van der Waals surface area contributed by atoms with Crippen LogP contribution in [0, 0.1) is 6.92 Å². The van der Waals surface area contributed by atoms with E-state index in [9.17, 15) is 0 Å². The fourth-order valence-electron chi connectivity index (χ4n) is 1.13. The highest BCUT2D eigenvalue weighted by Crippen LogP contribution is 2.18. The Morgan fingerprint density at radius 3 is 2.00 bits per heavy atom. The highest BCUT2D eigenvalue weighted by Gasteiger charge is 2.00. The number of rotatable bonds is 2. The van der Waals surface area contributed by atoms with Crippen LogP contribution >= 0.6 is 11.6 Å². The van der Waals surface area contributed by atoms with E-state index in [2.05, 4.69) is 56.6 Å². The van der Waals surface area contributed by atoms with Crippen molar-refractivity contribution >= 4 is 11.6 Å². The van der Waals surface area contributed by atoms with Crippen LogP contribution in [0.3, 0.4) is 0 Å². The van der Waals surface area contributed by atoms with E-state index < -0.39 is 0 Å². The minimum absolute atomic E-state index is 0.704. The van der Waals surface area contributed by atoms with Crippen molar-refractivity contribution in [3.8, 4) is 0 Å². The maximum atomic E-state index is 4.64. The molecule has 1 heteroatoms. The van der Waals surface area contributed by atoms with E-state index in [-0.39, 0.29) is 0 Å². The molecule has 1 aromatic carbocycles. The lowest BCUT2D eigenvalue weighted by molar-refractivity contribution is 0.733. The monoisotopic (exact) mass is 198 g/mol. The molecule has 0 aliphatic carbocycles. The van der Waals surface area contributed by atoms with Gasteiger partial charge in [0, 0.05) is 6.38 Å². The second-order valence-corrected chi connectivity index (χ2v) is 3.22. The molecule has 0 N–H and O–H groups in total. The molecular weight excluding hydrogens is 180 g/mol. The second-order valence-electron chi connectivity index (χ2n) is 3.22. The predicted molar refractivity (Wildman–Crippen MR) is 61.7 cm³/mol. The summed E-state index contributed by atoms with van der Waals surface area (Å²) in [6, 6.07) is 8.82. The molecule has 0 fully saturated rings. The van der Waals surface area contributed by atoms with Crippen LogP contribution in [-0.4, -0.2) is 6.38 Å². The average Bonchev–Trinajstić information content (AvgIpc) is 2.21.